The van der Waals surface area contributed by atoms with Crippen molar-refractivity contribution in [1.29, 1.82) is 0 Å². The quantitative estimate of drug-likeness (QED) is 0.489. The molecule has 0 spiro atoms. The normalized spacial score (nSPS) is 25.4. The molecule has 0 aromatic heterocycles. The molecule has 0 saturated carbocycles. The van der Waals surface area contributed by atoms with Gasteiger partial charge in [0.1, 0.15) is 17.3 Å². The zero-order valence-electron chi connectivity index (χ0n) is 18.4. The van der Waals surface area contributed by atoms with Crippen molar-refractivity contribution >= 4 is 5.78 Å². The third-order valence-electron chi connectivity index (χ3n) is 6.76. The molecule has 0 bridgehead atoms. The van der Waals surface area contributed by atoms with Crippen molar-refractivity contribution in [3.8, 4) is 11.5 Å². The van der Waals surface area contributed by atoms with E-state index in [-0.39, 0.29) is 47.0 Å². The fraction of sp³-hybridized carbons (Fsp3) is 0.296. The van der Waals surface area contributed by atoms with E-state index in [9.17, 15) is 19.4 Å². The molecule has 5 heteroatoms. The van der Waals surface area contributed by atoms with E-state index in [0.29, 0.717) is 11.1 Å². The molecule has 0 aliphatic carbocycles. The Bertz CT molecular complexity index is 1130. The van der Waals surface area contributed by atoms with Crippen LogP contribution in [-0.2, 0) is 0 Å². The van der Waals surface area contributed by atoms with Gasteiger partial charge in [-0.1, -0.05) is 36.4 Å². The molecule has 166 valence electrons. The largest absolute Gasteiger partial charge is 0.508 e. The van der Waals surface area contributed by atoms with Crippen LogP contribution in [0.5, 0.6) is 11.5 Å². The first-order chi connectivity index (χ1) is 15.3. The van der Waals surface area contributed by atoms with Crippen LogP contribution in [0.4, 0.5) is 4.39 Å². The fourth-order valence-electron chi connectivity index (χ4n) is 5.27. The summed E-state index contributed by atoms with van der Waals surface area (Å²) < 4.78 is 14.6. The molecule has 0 unspecified atom stereocenters. The van der Waals surface area contributed by atoms with Crippen LogP contribution >= 0.6 is 0 Å². The van der Waals surface area contributed by atoms with Crippen LogP contribution in [0.2, 0.25) is 0 Å². The second-order valence-corrected chi connectivity index (χ2v) is 8.78. The van der Waals surface area contributed by atoms with Crippen LogP contribution in [0.15, 0.2) is 66.7 Å². The number of carbonyl (C=O) groups is 1. The summed E-state index contributed by atoms with van der Waals surface area (Å²) in [5.41, 5.74) is 2.75. The Kier molecular flexibility index (Phi) is 6.02. The summed E-state index contributed by atoms with van der Waals surface area (Å²) >= 11 is 0. The van der Waals surface area contributed by atoms with Gasteiger partial charge in [-0.2, -0.15) is 0 Å². The zero-order chi connectivity index (χ0) is 23.0. The second kappa shape index (κ2) is 8.75. The van der Waals surface area contributed by atoms with Gasteiger partial charge in [-0.05, 0) is 67.8 Å². The van der Waals surface area contributed by atoms with Gasteiger partial charge < -0.3 is 15.5 Å². The van der Waals surface area contributed by atoms with E-state index in [0.717, 1.165) is 11.1 Å². The Morgan fingerprint density at radius 2 is 1.56 bits per heavy atom. The third kappa shape index (κ3) is 4.00. The number of rotatable bonds is 4. The highest BCUT2D eigenvalue weighted by Crippen LogP contribution is 2.48. The van der Waals surface area contributed by atoms with Crippen molar-refractivity contribution in [2.75, 3.05) is 0 Å². The van der Waals surface area contributed by atoms with Crippen molar-refractivity contribution in [2.45, 2.75) is 44.7 Å². The van der Waals surface area contributed by atoms with Crippen molar-refractivity contribution in [3.05, 3.63) is 94.8 Å². The van der Waals surface area contributed by atoms with Gasteiger partial charge >= 0.3 is 0 Å². The number of hydrogen-bond donors (Lipinski definition) is 3. The number of halogens is 1. The first kappa shape index (κ1) is 22.0. The topological polar surface area (TPSA) is 69.6 Å². The first-order valence-corrected chi connectivity index (χ1v) is 10.9. The predicted octanol–water partition coefficient (Wildman–Crippen LogP) is 5.29. The van der Waals surface area contributed by atoms with E-state index < -0.39 is 5.92 Å². The maximum Gasteiger partial charge on any atom is 0.168 e. The summed E-state index contributed by atoms with van der Waals surface area (Å²) in [4.78, 5) is 13.8. The molecule has 1 aliphatic heterocycles. The first-order valence-electron chi connectivity index (χ1n) is 10.9. The van der Waals surface area contributed by atoms with E-state index in [1.165, 1.54) is 18.2 Å². The predicted molar refractivity (Wildman–Crippen MR) is 123 cm³/mol. The number of piperidine rings is 1. The molecular formula is C27H28FNO3. The Morgan fingerprint density at radius 1 is 0.875 bits per heavy atom. The number of aromatic hydroxyl groups is 2. The van der Waals surface area contributed by atoms with Gasteiger partial charge in [0.2, 0.25) is 0 Å². The highest BCUT2D eigenvalue weighted by molar-refractivity contribution is 5.99. The molecule has 4 rings (SSSR count). The molecule has 3 aromatic rings. The van der Waals surface area contributed by atoms with E-state index in [1.807, 2.05) is 25.1 Å². The average Bonchev–Trinajstić information content (AvgIpc) is 2.76. The monoisotopic (exact) mass is 433 g/mol. The van der Waals surface area contributed by atoms with Gasteiger partial charge in [0, 0.05) is 35.4 Å². The van der Waals surface area contributed by atoms with Crippen LogP contribution in [0.25, 0.3) is 0 Å². The summed E-state index contributed by atoms with van der Waals surface area (Å²) in [6.07, 6.45) is 0. The summed E-state index contributed by atoms with van der Waals surface area (Å²) in [5, 5.41) is 23.3. The second-order valence-electron chi connectivity index (χ2n) is 8.78. The molecular weight excluding hydrogens is 405 g/mol. The molecule has 5 atom stereocenters. The molecule has 1 aliphatic rings. The van der Waals surface area contributed by atoms with Crippen LogP contribution < -0.4 is 5.32 Å². The Labute approximate surface area is 187 Å². The number of phenolic OH excluding ortho intramolecular Hbond substituents is 2. The van der Waals surface area contributed by atoms with Gasteiger partial charge in [0.15, 0.2) is 5.78 Å². The van der Waals surface area contributed by atoms with Crippen LogP contribution in [-0.4, -0.2) is 28.1 Å². The maximum atomic E-state index is 14.6. The van der Waals surface area contributed by atoms with E-state index >= 15 is 0 Å². The minimum Gasteiger partial charge on any atom is -0.508 e. The zero-order valence-corrected chi connectivity index (χ0v) is 18.4. The van der Waals surface area contributed by atoms with Crippen LogP contribution in [0.1, 0.15) is 52.7 Å². The van der Waals surface area contributed by atoms with Gasteiger partial charge in [0.25, 0.3) is 0 Å². The minimum absolute atomic E-state index is 0.00966. The van der Waals surface area contributed by atoms with Crippen LogP contribution in [0, 0.1) is 18.7 Å². The van der Waals surface area contributed by atoms with Crippen molar-refractivity contribution < 1.29 is 19.4 Å². The number of hydrogen-bond acceptors (Lipinski definition) is 4. The van der Waals surface area contributed by atoms with Crippen molar-refractivity contribution in [2.24, 2.45) is 5.92 Å². The van der Waals surface area contributed by atoms with Crippen LogP contribution in [0.3, 0.4) is 0 Å². The number of nitrogens with one attached hydrogen (secondary N) is 1. The maximum absolute atomic E-state index is 14.6. The molecule has 32 heavy (non-hydrogen) atoms. The Hall–Kier alpha value is -3.18. The summed E-state index contributed by atoms with van der Waals surface area (Å²) in [5.74, 6) is -1.08. The number of benzene rings is 3. The number of Topliss-reactive ketones (excluding diaryl/α,β-unsaturated/α-hetero) is 1. The fourth-order valence-corrected chi connectivity index (χ4v) is 5.27. The Morgan fingerprint density at radius 3 is 2.25 bits per heavy atom. The van der Waals surface area contributed by atoms with Gasteiger partial charge in [-0.25, -0.2) is 4.39 Å². The molecule has 0 amide bonds. The van der Waals surface area contributed by atoms with E-state index in [2.05, 4.69) is 12.2 Å². The average molecular weight is 434 g/mol. The SMILES string of the molecule is Cc1c(F)cccc1[C@H]1[C@@H](C(=O)c2cccc(O)c2)[C@H](C)N[C@H](C)[C@@H]1c1ccc(O)cc1. The standard InChI is InChI=1S/C27H28FNO3/c1-15-22(8-5-9-23(15)28)26-24(18-10-12-20(30)13-11-18)16(2)29-17(3)25(26)27(32)19-6-4-7-21(31)14-19/h4-14,16-17,24-26,29-31H,1-3H3/t16-,17+,24-,25+,26-/m1/s1. The number of carbonyl (C=O) groups excluding carboxylic acids is 1. The highest BCUT2D eigenvalue weighted by atomic mass is 19.1. The van der Waals surface area contributed by atoms with Gasteiger partial charge in [0.05, 0.1) is 0 Å². The number of ketones is 1. The third-order valence-corrected chi connectivity index (χ3v) is 6.76. The lowest BCUT2D eigenvalue weighted by Gasteiger charge is -2.47. The molecule has 4 nitrogen and oxygen atoms in total. The summed E-state index contributed by atoms with van der Waals surface area (Å²) in [7, 11) is 0. The Balaban J connectivity index is 1.90. The molecule has 3 aromatic carbocycles. The number of phenols is 2. The van der Waals surface area contributed by atoms with Gasteiger partial charge in [-0.15, -0.1) is 0 Å². The lowest BCUT2D eigenvalue weighted by atomic mass is 9.63. The molecule has 1 fully saturated rings. The highest BCUT2D eigenvalue weighted by Gasteiger charge is 2.46. The lowest BCUT2D eigenvalue weighted by molar-refractivity contribution is 0.0794. The van der Waals surface area contributed by atoms with Crippen molar-refractivity contribution in [3.63, 3.8) is 0 Å². The molecule has 1 saturated heterocycles. The van der Waals surface area contributed by atoms with Crippen molar-refractivity contribution in [1.82, 2.24) is 5.32 Å². The van der Waals surface area contributed by atoms with E-state index in [1.54, 1.807) is 37.3 Å². The smallest absolute Gasteiger partial charge is 0.168 e. The molecule has 0 radical (unpaired) electrons. The minimum atomic E-state index is -0.479. The van der Waals surface area contributed by atoms with Gasteiger partial charge in [-0.3, -0.25) is 4.79 Å². The van der Waals surface area contributed by atoms with E-state index in [4.69, 9.17) is 0 Å². The molecule has 3 N–H and O–H groups in total. The summed E-state index contributed by atoms with van der Waals surface area (Å²) in [6, 6.07) is 18.3. The molecule has 1 heterocycles. The lowest BCUT2D eigenvalue weighted by Crippen LogP contribution is -2.55. The summed E-state index contributed by atoms with van der Waals surface area (Å²) in [6.45, 7) is 5.81.